The molecule has 0 aliphatic heterocycles. The number of hydrogen-bond donors (Lipinski definition) is 0. The highest BCUT2D eigenvalue weighted by Crippen LogP contribution is 1.97. The second-order valence-electron chi connectivity index (χ2n) is 3.08. The maximum Gasteiger partial charge on any atom is 0.343 e. The van der Waals surface area contributed by atoms with Gasteiger partial charge in [-0.2, -0.15) is 5.26 Å². The fourth-order valence-electron chi connectivity index (χ4n) is 1.24. The first kappa shape index (κ1) is 15.1. The maximum absolute atomic E-state index is 11.2. The second-order valence-corrected chi connectivity index (χ2v) is 3.08. The van der Waals surface area contributed by atoms with Crippen LogP contribution in [0.5, 0.6) is 0 Å². The van der Waals surface area contributed by atoms with Crippen LogP contribution in [0.4, 0.5) is 0 Å². The summed E-state index contributed by atoms with van der Waals surface area (Å²) in [6.07, 6.45) is 4.90. The highest BCUT2D eigenvalue weighted by molar-refractivity contribution is 5.88. The van der Waals surface area contributed by atoms with Gasteiger partial charge >= 0.3 is 5.97 Å². The van der Waals surface area contributed by atoms with E-state index < -0.39 is 0 Å². The third-order valence-corrected chi connectivity index (χ3v) is 1.98. The monoisotopic (exact) mass is 235 g/mol. The van der Waals surface area contributed by atoms with Crippen LogP contribution in [0.3, 0.4) is 0 Å². The van der Waals surface area contributed by atoms with Crippen molar-refractivity contribution < 1.29 is 14.1 Å². The third-order valence-electron chi connectivity index (χ3n) is 1.98. The van der Waals surface area contributed by atoms with E-state index in [0.29, 0.717) is 12.0 Å². The summed E-state index contributed by atoms with van der Waals surface area (Å²) in [4.78, 5) is 11.2. The predicted molar refractivity (Wildman–Crippen MR) is 64.2 cm³/mol. The van der Waals surface area contributed by atoms with Crippen molar-refractivity contribution >= 4 is 5.97 Å². The van der Waals surface area contributed by atoms with Crippen LogP contribution in [0.25, 0.3) is 0 Å². The van der Waals surface area contributed by atoms with Gasteiger partial charge in [0.25, 0.3) is 0 Å². The van der Waals surface area contributed by atoms with Crippen molar-refractivity contribution in [1.82, 2.24) is 0 Å². The van der Waals surface area contributed by atoms with Gasteiger partial charge < -0.3 is 4.74 Å². The van der Waals surface area contributed by atoms with Crippen molar-refractivity contribution in [3.8, 4) is 6.07 Å². The molecule has 1 aromatic heterocycles. The lowest BCUT2D eigenvalue weighted by atomic mass is 10.2. The topological polar surface area (TPSA) is 54.0 Å². The quantitative estimate of drug-likeness (QED) is 0.456. The van der Waals surface area contributed by atoms with E-state index in [2.05, 4.69) is 10.8 Å². The Bertz CT molecular complexity index is 383. The van der Waals surface area contributed by atoms with E-state index >= 15 is 0 Å². The average molecular weight is 235 g/mol. The van der Waals surface area contributed by atoms with Gasteiger partial charge in [-0.05, 0) is 6.07 Å². The number of nitriles is 1. The molecule has 0 bridgehead atoms. The third kappa shape index (κ3) is 5.67. The van der Waals surface area contributed by atoms with Crippen LogP contribution in [-0.4, -0.2) is 13.1 Å². The molecule has 0 N–H and O–H groups in total. The largest absolute Gasteiger partial charge is 0.465 e. The minimum Gasteiger partial charge on any atom is -0.465 e. The van der Waals surface area contributed by atoms with Gasteiger partial charge in [-0.3, -0.25) is 0 Å². The van der Waals surface area contributed by atoms with Gasteiger partial charge in [0.05, 0.1) is 13.2 Å². The van der Waals surface area contributed by atoms with Crippen LogP contribution in [0.2, 0.25) is 0 Å². The van der Waals surface area contributed by atoms with Crippen LogP contribution in [0.1, 0.15) is 37.0 Å². The van der Waals surface area contributed by atoms with E-state index in [0.717, 1.165) is 13.0 Å². The van der Waals surface area contributed by atoms with E-state index in [9.17, 15) is 4.79 Å². The van der Waals surface area contributed by atoms with Gasteiger partial charge in [0, 0.05) is 18.9 Å². The van der Waals surface area contributed by atoms with E-state index in [1.54, 1.807) is 18.3 Å². The summed E-state index contributed by atoms with van der Waals surface area (Å²) in [5, 5.41) is 8.39. The molecule has 1 rings (SSSR count). The number of hydrogen-bond acceptors (Lipinski definition) is 3. The molecule has 92 valence electrons. The van der Waals surface area contributed by atoms with Crippen LogP contribution in [-0.2, 0) is 11.3 Å². The maximum atomic E-state index is 11.2. The summed E-state index contributed by atoms with van der Waals surface area (Å²) >= 11 is 0. The number of carbonyl (C=O) groups is 1. The zero-order chi connectivity index (χ0) is 13.1. The number of methoxy groups -OCH3 is 1. The van der Waals surface area contributed by atoms with E-state index in [4.69, 9.17) is 5.26 Å². The second kappa shape index (κ2) is 9.34. The number of pyridine rings is 1. The van der Waals surface area contributed by atoms with E-state index in [-0.39, 0.29) is 5.97 Å². The van der Waals surface area contributed by atoms with Crippen LogP contribution >= 0.6 is 0 Å². The van der Waals surface area contributed by atoms with Crippen molar-refractivity contribution in [2.75, 3.05) is 7.11 Å². The summed E-state index contributed by atoms with van der Waals surface area (Å²) in [5.41, 5.74) is 0.525. The molecule has 0 saturated heterocycles. The number of carbonyl (C=O) groups excluding carboxylic acids is 1. The van der Waals surface area contributed by atoms with Gasteiger partial charge in [-0.15, -0.1) is 0 Å². The molecule has 0 atom stereocenters. The molecule has 0 aliphatic carbocycles. The first-order chi connectivity index (χ1) is 8.27. The van der Waals surface area contributed by atoms with Gasteiger partial charge in [0.2, 0.25) is 0 Å². The molecule has 0 spiro atoms. The number of rotatable bonds is 4. The van der Waals surface area contributed by atoms with E-state index in [1.807, 2.05) is 24.6 Å². The smallest absolute Gasteiger partial charge is 0.343 e. The highest BCUT2D eigenvalue weighted by Gasteiger charge is 2.09. The molecule has 0 aromatic carbocycles. The number of aryl methyl sites for hydroxylation is 1. The molecule has 0 saturated carbocycles. The number of aromatic nitrogens is 1. The normalized spacial score (nSPS) is 8.59. The first-order valence-electron chi connectivity index (χ1n) is 5.72. The minimum atomic E-state index is -0.343. The first-order valence-corrected chi connectivity index (χ1v) is 5.72. The fourth-order valence-corrected chi connectivity index (χ4v) is 1.24. The highest BCUT2D eigenvalue weighted by atomic mass is 16.5. The van der Waals surface area contributed by atoms with Gasteiger partial charge in [-0.25, -0.2) is 9.36 Å². The summed E-state index contributed by atoms with van der Waals surface area (Å²) in [7, 11) is 1.36. The number of ether oxygens (including phenoxy) is 1. The molecule has 0 radical (unpaired) electrons. The lowest BCUT2D eigenvalue weighted by Crippen LogP contribution is -2.33. The Labute approximate surface area is 102 Å². The van der Waals surface area contributed by atoms with Crippen molar-refractivity contribution in [2.45, 2.75) is 33.2 Å². The lowest BCUT2D eigenvalue weighted by molar-refractivity contribution is -0.697. The molecule has 1 heterocycles. The number of nitrogens with zero attached hydrogens (tertiary/aromatic N) is 2. The van der Waals surface area contributed by atoms with Crippen molar-refractivity contribution in [2.24, 2.45) is 0 Å². The van der Waals surface area contributed by atoms with Gasteiger partial charge in [0.15, 0.2) is 12.4 Å². The molecular weight excluding hydrogens is 216 g/mol. The van der Waals surface area contributed by atoms with Crippen LogP contribution < -0.4 is 4.57 Å². The molecule has 17 heavy (non-hydrogen) atoms. The predicted octanol–water partition coefficient (Wildman–Crippen LogP) is 2.09. The fraction of sp³-hybridized carbons (Fsp3) is 0.462. The zero-order valence-electron chi connectivity index (χ0n) is 10.6. The van der Waals surface area contributed by atoms with Crippen LogP contribution in [0, 0.1) is 11.3 Å². The Hall–Kier alpha value is -1.89. The lowest BCUT2D eigenvalue weighted by Gasteiger charge is -1.98. The van der Waals surface area contributed by atoms with E-state index in [1.165, 1.54) is 7.11 Å². The summed E-state index contributed by atoms with van der Waals surface area (Å²) in [5.74, 6) is -0.343. The van der Waals surface area contributed by atoms with Gasteiger partial charge in [-0.1, -0.05) is 13.8 Å². The Morgan fingerprint density at radius 2 is 2.24 bits per heavy atom. The minimum absolute atomic E-state index is 0.343. The Balaban J connectivity index is 0.00000121. The average Bonchev–Trinajstić information content (AvgIpc) is 2.41. The summed E-state index contributed by atoms with van der Waals surface area (Å²) in [6, 6.07) is 5.57. The summed E-state index contributed by atoms with van der Waals surface area (Å²) < 4.78 is 6.49. The number of esters is 1. The number of unbranched alkanes of at least 4 members (excludes halogenated alkanes) is 1. The molecule has 0 fully saturated rings. The summed E-state index contributed by atoms with van der Waals surface area (Å²) in [6.45, 7) is 4.73. The van der Waals surface area contributed by atoms with Crippen molar-refractivity contribution in [3.63, 3.8) is 0 Å². The van der Waals surface area contributed by atoms with Gasteiger partial charge in [0.1, 0.15) is 12.1 Å². The zero-order valence-corrected chi connectivity index (χ0v) is 10.6. The molecule has 0 unspecified atom stereocenters. The molecule has 0 aliphatic rings. The van der Waals surface area contributed by atoms with Crippen molar-refractivity contribution in [1.29, 1.82) is 5.26 Å². The Kier molecular flexibility index (Phi) is 8.31. The molecule has 4 nitrogen and oxygen atoms in total. The Morgan fingerprint density at radius 3 is 2.82 bits per heavy atom. The molecule has 4 heteroatoms. The molecule has 0 amide bonds. The van der Waals surface area contributed by atoms with Crippen molar-refractivity contribution in [3.05, 3.63) is 30.1 Å². The SMILES string of the molecule is CC.COC(=O)c1ccc[n+](CCCC#N)c1. The molecule has 1 aromatic rings. The Morgan fingerprint density at radius 1 is 1.53 bits per heavy atom. The standard InChI is InChI=1S/C11H13N2O2.C2H6/c1-15-11(14)10-5-4-8-13(9-10)7-3-2-6-12;1-2/h4-5,8-9H,2-3,7H2,1H3;1-2H3/q+1;. The van der Waals surface area contributed by atoms with Crippen LogP contribution in [0.15, 0.2) is 24.5 Å². The molecular formula is C13H19N2O2+.